The van der Waals surface area contributed by atoms with Gasteiger partial charge in [-0.2, -0.15) is 0 Å². The van der Waals surface area contributed by atoms with Gasteiger partial charge in [0.2, 0.25) is 5.91 Å². The zero-order chi connectivity index (χ0) is 24.4. The number of nitrogens with one attached hydrogen (secondary N) is 1. The number of likely N-dealkylation sites (tertiary alicyclic amines) is 2. The number of amides is 3. The Kier molecular flexibility index (Phi) is 6.89. The molecule has 8 nitrogen and oxygen atoms in total. The van der Waals surface area contributed by atoms with Gasteiger partial charge < -0.3 is 24.8 Å². The quantitative estimate of drug-likeness (QED) is 0.697. The number of anilines is 1. The number of hydrogen-bond acceptors (Lipinski definition) is 5. The Bertz CT molecular complexity index is 927. The van der Waals surface area contributed by atoms with E-state index in [1.807, 2.05) is 24.0 Å². The molecule has 1 N–H and O–H groups in total. The fraction of sp³-hybridized carbons (Fsp3) is 0.667. The van der Waals surface area contributed by atoms with Crippen molar-refractivity contribution in [2.45, 2.75) is 57.9 Å². The van der Waals surface area contributed by atoms with Crippen LogP contribution in [-0.4, -0.2) is 79.6 Å². The first-order valence-corrected chi connectivity index (χ1v) is 13.4. The van der Waals surface area contributed by atoms with Crippen LogP contribution in [0.25, 0.3) is 0 Å². The molecule has 190 valence electrons. The number of piperidine rings is 2. The van der Waals surface area contributed by atoms with E-state index in [0.717, 1.165) is 50.8 Å². The Morgan fingerprint density at radius 2 is 1.60 bits per heavy atom. The minimum atomic E-state index is -0.262. The Balaban J connectivity index is 1.07. The van der Waals surface area contributed by atoms with Crippen LogP contribution in [0.5, 0.6) is 0 Å². The van der Waals surface area contributed by atoms with Crippen molar-refractivity contribution in [3.05, 3.63) is 29.8 Å². The molecule has 3 saturated heterocycles. The summed E-state index contributed by atoms with van der Waals surface area (Å²) in [7, 11) is 0. The average Bonchev–Trinajstić information content (AvgIpc) is 3.30. The lowest BCUT2D eigenvalue weighted by atomic mass is 9.90. The van der Waals surface area contributed by atoms with Crippen LogP contribution in [-0.2, 0) is 9.53 Å². The van der Waals surface area contributed by atoms with Gasteiger partial charge >= 0.3 is 6.09 Å². The van der Waals surface area contributed by atoms with Gasteiger partial charge in [0.25, 0.3) is 5.91 Å². The molecule has 0 aromatic heterocycles. The first-order valence-electron chi connectivity index (χ1n) is 13.4. The second-order valence-electron chi connectivity index (χ2n) is 10.6. The first-order chi connectivity index (χ1) is 17.0. The minimum absolute atomic E-state index is 0.0579. The van der Waals surface area contributed by atoms with E-state index in [0.29, 0.717) is 32.8 Å². The summed E-state index contributed by atoms with van der Waals surface area (Å²) in [5, 5.41) is 3.23. The highest BCUT2D eigenvalue weighted by Gasteiger charge is 2.58. The normalized spacial score (nSPS) is 23.9. The van der Waals surface area contributed by atoms with Crippen molar-refractivity contribution < 1.29 is 19.1 Å². The highest BCUT2D eigenvalue weighted by atomic mass is 16.6. The third-order valence-corrected chi connectivity index (χ3v) is 8.51. The third-order valence-electron chi connectivity index (χ3n) is 8.51. The van der Waals surface area contributed by atoms with E-state index in [1.165, 1.54) is 18.5 Å². The second-order valence-corrected chi connectivity index (χ2v) is 10.6. The van der Waals surface area contributed by atoms with Crippen molar-refractivity contribution in [3.8, 4) is 0 Å². The van der Waals surface area contributed by atoms with E-state index in [2.05, 4.69) is 22.3 Å². The maximum atomic E-state index is 13.1. The fourth-order valence-electron chi connectivity index (χ4n) is 6.12. The third kappa shape index (κ3) is 5.11. The van der Waals surface area contributed by atoms with Gasteiger partial charge in [0.1, 0.15) is 0 Å². The SMILES string of the molecule is CCOC(=O)N1CCC(NC(=O)[C@@H]2CC23CCN(C(=O)c2ccc(N4CCCC4)cc2)CC3)CC1. The van der Waals surface area contributed by atoms with E-state index in [1.54, 1.807) is 4.90 Å². The number of carbonyl (C=O) groups is 3. The Morgan fingerprint density at radius 1 is 0.943 bits per heavy atom. The molecule has 1 aromatic rings. The summed E-state index contributed by atoms with van der Waals surface area (Å²) in [6.07, 6.45) is 6.46. The topological polar surface area (TPSA) is 82.2 Å². The number of carbonyl (C=O) groups excluding carboxylic acids is 3. The fourth-order valence-corrected chi connectivity index (χ4v) is 6.12. The van der Waals surface area contributed by atoms with E-state index >= 15 is 0 Å². The zero-order valence-corrected chi connectivity index (χ0v) is 20.8. The number of hydrogen-bond donors (Lipinski definition) is 1. The largest absolute Gasteiger partial charge is 0.450 e. The maximum absolute atomic E-state index is 13.1. The monoisotopic (exact) mass is 482 g/mol. The molecule has 1 aromatic carbocycles. The summed E-state index contributed by atoms with van der Waals surface area (Å²) in [5.41, 5.74) is 2.02. The molecular weight excluding hydrogens is 444 g/mol. The van der Waals surface area contributed by atoms with Crippen LogP contribution in [0.2, 0.25) is 0 Å². The van der Waals surface area contributed by atoms with Crippen LogP contribution in [0.1, 0.15) is 62.2 Å². The summed E-state index contributed by atoms with van der Waals surface area (Å²) in [5.74, 6) is 0.308. The predicted octanol–water partition coefficient (Wildman–Crippen LogP) is 3.27. The molecule has 3 heterocycles. The molecule has 0 radical (unpaired) electrons. The summed E-state index contributed by atoms with van der Waals surface area (Å²) in [4.78, 5) is 43.9. The highest BCUT2D eigenvalue weighted by Crippen LogP contribution is 2.59. The van der Waals surface area contributed by atoms with Crippen molar-refractivity contribution in [1.82, 2.24) is 15.1 Å². The summed E-state index contributed by atoms with van der Waals surface area (Å²) in [6.45, 7) is 7.07. The lowest BCUT2D eigenvalue weighted by Crippen LogP contribution is -2.47. The number of nitrogens with zero attached hydrogens (tertiary/aromatic N) is 3. The van der Waals surface area contributed by atoms with E-state index in [-0.39, 0.29) is 35.3 Å². The summed E-state index contributed by atoms with van der Waals surface area (Å²) in [6, 6.07) is 8.18. The smallest absolute Gasteiger partial charge is 0.409 e. The van der Waals surface area contributed by atoms with Gasteiger partial charge in [0, 0.05) is 62.5 Å². The van der Waals surface area contributed by atoms with Crippen molar-refractivity contribution in [2.24, 2.45) is 11.3 Å². The van der Waals surface area contributed by atoms with Gasteiger partial charge in [0.05, 0.1) is 6.61 Å². The van der Waals surface area contributed by atoms with Crippen molar-refractivity contribution in [2.75, 3.05) is 50.8 Å². The van der Waals surface area contributed by atoms with Crippen LogP contribution in [0.4, 0.5) is 10.5 Å². The molecular formula is C27H38N4O4. The van der Waals surface area contributed by atoms with Gasteiger partial charge in [-0.3, -0.25) is 9.59 Å². The van der Waals surface area contributed by atoms with Gasteiger partial charge in [0.15, 0.2) is 0 Å². The van der Waals surface area contributed by atoms with Gasteiger partial charge in [-0.1, -0.05) is 0 Å². The number of rotatable bonds is 5. The van der Waals surface area contributed by atoms with E-state index in [4.69, 9.17) is 4.74 Å². The summed E-state index contributed by atoms with van der Waals surface area (Å²) >= 11 is 0. The molecule has 1 aliphatic carbocycles. The van der Waals surface area contributed by atoms with Crippen LogP contribution in [0, 0.1) is 11.3 Å². The predicted molar refractivity (Wildman–Crippen MR) is 133 cm³/mol. The zero-order valence-electron chi connectivity index (χ0n) is 20.8. The Hall–Kier alpha value is -2.77. The lowest BCUT2D eigenvalue weighted by molar-refractivity contribution is -0.124. The number of benzene rings is 1. The molecule has 5 rings (SSSR count). The van der Waals surface area contributed by atoms with Crippen LogP contribution >= 0.6 is 0 Å². The minimum Gasteiger partial charge on any atom is -0.450 e. The molecule has 0 unspecified atom stereocenters. The molecule has 4 aliphatic rings. The molecule has 3 aliphatic heterocycles. The van der Waals surface area contributed by atoms with Gasteiger partial charge in [-0.15, -0.1) is 0 Å². The van der Waals surface area contributed by atoms with Gasteiger partial charge in [-0.25, -0.2) is 4.79 Å². The van der Waals surface area contributed by atoms with Crippen molar-refractivity contribution >= 4 is 23.6 Å². The average molecular weight is 483 g/mol. The molecule has 35 heavy (non-hydrogen) atoms. The van der Waals surface area contributed by atoms with Crippen LogP contribution < -0.4 is 10.2 Å². The first kappa shape index (κ1) is 23.9. The highest BCUT2D eigenvalue weighted by molar-refractivity contribution is 5.94. The van der Waals surface area contributed by atoms with Crippen molar-refractivity contribution in [3.63, 3.8) is 0 Å². The van der Waals surface area contributed by atoms with Gasteiger partial charge in [-0.05, 0) is 81.5 Å². The van der Waals surface area contributed by atoms with Crippen LogP contribution in [0.3, 0.4) is 0 Å². The van der Waals surface area contributed by atoms with E-state index in [9.17, 15) is 14.4 Å². The molecule has 3 amide bonds. The summed E-state index contributed by atoms with van der Waals surface area (Å²) < 4.78 is 5.07. The van der Waals surface area contributed by atoms with Crippen LogP contribution in [0.15, 0.2) is 24.3 Å². The molecule has 1 spiro atoms. The standard InChI is InChI=1S/C27H38N4O4/c1-2-35-26(34)31-15-9-21(10-16-31)28-24(32)23-19-27(23)11-17-30(18-12-27)25(33)20-5-7-22(8-6-20)29-13-3-4-14-29/h5-8,21,23H,2-4,9-19H2,1H3,(H,28,32)/t23-/m0/s1. The molecule has 0 bridgehead atoms. The molecule has 1 saturated carbocycles. The van der Waals surface area contributed by atoms with Crippen molar-refractivity contribution in [1.29, 1.82) is 0 Å². The molecule has 8 heteroatoms. The molecule has 1 atom stereocenters. The van der Waals surface area contributed by atoms with E-state index < -0.39 is 0 Å². The Morgan fingerprint density at radius 3 is 2.23 bits per heavy atom. The maximum Gasteiger partial charge on any atom is 0.409 e. The number of ether oxygens (including phenoxy) is 1. The Labute approximate surface area is 207 Å². The second kappa shape index (κ2) is 10.1. The lowest BCUT2D eigenvalue weighted by Gasteiger charge is -2.34. The molecule has 4 fully saturated rings.